The van der Waals surface area contributed by atoms with E-state index in [-0.39, 0.29) is 12.5 Å². The Morgan fingerprint density at radius 3 is 2.61 bits per heavy atom. The summed E-state index contributed by atoms with van der Waals surface area (Å²) in [4.78, 5) is 35.1. The number of H-pyrrole nitrogens is 1. The standard InChI is InChI=1S/C22H27BrN4O6/c1-13(30-2)18(26-21(29)31-3)20(28)27-12-22(32-8-9-33-22)10-17(27)19-24-11-16(25-19)14-4-6-15(23)7-5-14/h4-7,11,13,17-18H,8-10,12H2,1-3H3,(H,24,25)(H,26,29)/t13-,17+,18+/m1/s1. The second kappa shape index (κ2) is 9.80. The Hall–Kier alpha value is -2.47. The summed E-state index contributed by atoms with van der Waals surface area (Å²) in [6.07, 6.45) is 0.851. The first-order valence-corrected chi connectivity index (χ1v) is 11.4. The highest BCUT2D eigenvalue weighted by molar-refractivity contribution is 9.10. The van der Waals surface area contributed by atoms with Crippen molar-refractivity contribution in [3.8, 4) is 11.3 Å². The molecule has 10 nitrogen and oxygen atoms in total. The number of nitrogens with zero attached hydrogens (tertiary/aromatic N) is 2. The molecule has 2 aromatic rings. The number of ether oxygens (including phenoxy) is 4. The summed E-state index contributed by atoms with van der Waals surface area (Å²) in [6, 6.07) is 6.45. The van der Waals surface area contributed by atoms with Gasteiger partial charge in [0.2, 0.25) is 5.91 Å². The number of imidazole rings is 1. The molecule has 2 aliphatic rings. The van der Waals surface area contributed by atoms with Gasteiger partial charge in [-0.05, 0) is 24.6 Å². The molecule has 1 aromatic heterocycles. The van der Waals surface area contributed by atoms with Gasteiger partial charge in [0.05, 0.1) is 50.9 Å². The molecular formula is C22H27BrN4O6. The summed E-state index contributed by atoms with van der Waals surface area (Å²) in [5.41, 5.74) is 1.79. The van der Waals surface area contributed by atoms with Crippen molar-refractivity contribution in [3.63, 3.8) is 0 Å². The van der Waals surface area contributed by atoms with Crippen LogP contribution in [-0.2, 0) is 23.7 Å². The minimum absolute atomic E-state index is 0.209. The minimum atomic E-state index is -0.956. The Morgan fingerprint density at radius 1 is 1.27 bits per heavy atom. The van der Waals surface area contributed by atoms with E-state index < -0.39 is 30.1 Å². The average molecular weight is 523 g/mol. The molecule has 4 rings (SSSR count). The van der Waals surface area contributed by atoms with Crippen LogP contribution in [0.1, 0.15) is 25.2 Å². The first-order valence-electron chi connectivity index (χ1n) is 10.6. The number of alkyl carbamates (subject to hydrolysis) is 1. The zero-order valence-corrected chi connectivity index (χ0v) is 20.3. The van der Waals surface area contributed by atoms with Gasteiger partial charge in [0.1, 0.15) is 11.9 Å². The molecule has 2 saturated heterocycles. The number of hydrogen-bond donors (Lipinski definition) is 2. The van der Waals surface area contributed by atoms with Crippen molar-refractivity contribution in [2.75, 3.05) is 34.0 Å². The van der Waals surface area contributed by atoms with Gasteiger partial charge >= 0.3 is 6.09 Å². The quantitative estimate of drug-likeness (QED) is 0.598. The van der Waals surface area contributed by atoms with Gasteiger partial charge in [0, 0.05) is 18.0 Å². The maximum Gasteiger partial charge on any atom is 0.407 e. The van der Waals surface area contributed by atoms with Crippen molar-refractivity contribution in [3.05, 3.63) is 40.8 Å². The Labute approximate surface area is 200 Å². The van der Waals surface area contributed by atoms with Crippen LogP contribution < -0.4 is 5.32 Å². The summed E-state index contributed by atoms with van der Waals surface area (Å²) in [6.45, 7) is 2.83. The van der Waals surface area contributed by atoms with Gasteiger partial charge in [-0.25, -0.2) is 9.78 Å². The smallest absolute Gasteiger partial charge is 0.407 e. The number of methoxy groups -OCH3 is 2. The molecule has 178 valence electrons. The molecule has 3 heterocycles. The molecule has 2 amide bonds. The molecule has 3 atom stereocenters. The highest BCUT2D eigenvalue weighted by atomic mass is 79.9. The van der Waals surface area contributed by atoms with Gasteiger partial charge in [-0.1, -0.05) is 28.1 Å². The fraction of sp³-hybridized carbons (Fsp3) is 0.500. The number of likely N-dealkylation sites (tertiary alicyclic amines) is 1. The van der Waals surface area contributed by atoms with Crippen LogP contribution in [0.5, 0.6) is 0 Å². The minimum Gasteiger partial charge on any atom is -0.453 e. The first-order chi connectivity index (χ1) is 15.9. The molecule has 33 heavy (non-hydrogen) atoms. The van der Waals surface area contributed by atoms with Gasteiger partial charge < -0.3 is 34.1 Å². The van der Waals surface area contributed by atoms with Crippen LogP contribution in [0.4, 0.5) is 4.79 Å². The number of halogens is 1. The van der Waals surface area contributed by atoms with Crippen LogP contribution in [-0.4, -0.2) is 78.8 Å². The zero-order chi connectivity index (χ0) is 23.6. The molecule has 0 radical (unpaired) electrons. The number of hydrogen-bond acceptors (Lipinski definition) is 7. The van der Waals surface area contributed by atoms with Crippen LogP contribution in [0.25, 0.3) is 11.3 Å². The van der Waals surface area contributed by atoms with Crippen LogP contribution in [0, 0.1) is 0 Å². The number of carbonyl (C=O) groups excluding carboxylic acids is 2. The normalized spacial score (nSPS) is 21.2. The van der Waals surface area contributed by atoms with E-state index in [9.17, 15) is 9.59 Å². The number of benzene rings is 1. The fourth-order valence-corrected chi connectivity index (χ4v) is 4.45. The van der Waals surface area contributed by atoms with Gasteiger partial charge in [0.25, 0.3) is 0 Å². The number of carbonyl (C=O) groups is 2. The van der Waals surface area contributed by atoms with Crippen LogP contribution in [0.2, 0.25) is 0 Å². The lowest BCUT2D eigenvalue weighted by molar-refractivity contribution is -0.154. The maximum absolute atomic E-state index is 13.7. The summed E-state index contributed by atoms with van der Waals surface area (Å²) < 4.78 is 22.8. The summed E-state index contributed by atoms with van der Waals surface area (Å²) in [7, 11) is 2.72. The van der Waals surface area contributed by atoms with Gasteiger partial charge in [-0.15, -0.1) is 0 Å². The Balaban J connectivity index is 1.64. The molecule has 2 fully saturated rings. The van der Waals surface area contributed by atoms with E-state index >= 15 is 0 Å². The van der Waals surface area contributed by atoms with Gasteiger partial charge in [0.15, 0.2) is 5.79 Å². The number of aromatic amines is 1. The molecule has 0 aliphatic carbocycles. The summed E-state index contributed by atoms with van der Waals surface area (Å²) >= 11 is 3.44. The highest BCUT2D eigenvalue weighted by Crippen LogP contribution is 2.42. The lowest BCUT2D eigenvalue weighted by atomic mass is 10.1. The van der Waals surface area contributed by atoms with Crippen molar-refractivity contribution in [1.29, 1.82) is 0 Å². The third-order valence-corrected chi connectivity index (χ3v) is 6.55. The highest BCUT2D eigenvalue weighted by Gasteiger charge is 2.53. The first kappa shape index (κ1) is 23.7. The fourth-order valence-electron chi connectivity index (χ4n) is 4.18. The molecule has 0 bridgehead atoms. The molecule has 1 aromatic carbocycles. The van der Waals surface area contributed by atoms with E-state index in [0.29, 0.717) is 25.5 Å². The second-order valence-electron chi connectivity index (χ2n) is 8.04. The molecule has 0 unspecified atom stereocenters. The maximum atomic E-state index is 13.7. The Kier molecular flexibility index (Phi) is 7.03. The topological polar surface area (TPSA) is 115 Å². The SMILES string of the molecule is COC(=O)N[C@H](C(=O)N1CC2(C[C@H]1c1ncc(-c3ccc(Br)cc3)[nH]1)OCCO2)[C@@H](C)OC. The molecule has 11 heteroatoms. The van der Waals surface area contributed by atoms with Crippen LogP contribution >= 0.6 is 15.9 Å². The second-order valence-corrected chi connectivity index (χ2v) is 8.95. The predicted molar refractivity (Wildman–Crippen MR) is 121 cm³/mol. The van der Waals surface area contributed by atoms with Crippen molar-refractivity contribution in [2.24, 2.45) is 0 Å². The molecule has 1 spiro atoms. The Bertz CT molecular complexity index is 991. The monoisotopic (exact) mass is 522 g/mol. The zero-order valence-electron chi connectivity index (χ0n) is 18.7. The largest absolute Gasteiger partial charge is 0.453 e. The molecule has 2 N–H and O–H groups in total. The Morgan fingerprint density at radius 2 is 1.97 bits per heavy atom. The van der Waals surface area contributed by atoms with Crippen molar-refractivity contribution in [2.45, 2.75) is 37.3 Å². The van der Waals surface area contributed by atoms with Gasteiger partial charge in [-0.2, -0.15) is 0 Å². The molecule has 0 saturated carbocycles. The third kappa shape index (κ3) is 4.91. The van der Waals surface area contributed by atoms with E-state index in [2.05, 4.69) is 31.2 Å². The lowest BCUT2D eigenvalue weighted by Crippen LogP contribution is -2.54. The number of rotatable bonds is 6. The van der Waals surface area contributed by atoms with E-state index in [4.69, 9.17) is 18.9 Å². The van der Waals surface area contributed by atoms with Crippen LogP contribution in [0.3, 0.4) is 0 Å². The number of amides is 2. The van der Waals surface area contributed by atoms with E-state index in [1.165, 1.54) is 14.2 Å². The van der Waals surface area contributed by atoms with Crippen molar-refractivity contribution >= 4 is 27.9 Å². The number of aromatic nitrogens is 2. The number of nitrogens with one attached hydrogen (secondary N) is 2. The van der Waals surface area contributed by atoms with E-state index in [1.54, 1.807) is 18.0 Å². The van der Waals surface area contributed by atoms with Gasteiger partial charge in [-0.3, -0.25) is 4.79 Å². The summed E-state index contributed by atoms with van der Waals surface area (Å²) in [5.74, 6) is -0.631. The molecular weight excluding hydrogens is 496 g/mol. The van der Waals surface area contributed by atoms with Crippen molar-refractivity contribution in [1.82, 2.24) is 20.2 Å². The molecule has 2 aliphatic heterocycles. The van der Waals surface area contributed by atoms with Crippen LogP contribution in [0.15, 0.2) is 34.9 Å². The summed E-state index contributed by atoms with van der Waals surface area (Å²) in [5, 5.41) is 2.59. The van der Waals surface area contributed by atoms with Crippen molar-refractivity contribution < 1.29 is 28.5 Å². The third-order valence-electron chi connectivity index (χ3n) is 6.02. The average Bonchev–Trinajstić information content (AvgIpc) is 3.57. The van der Waals surface area contributed by atoms with E-state index in [0.717, 1.165) is 15.7 Å². The lowest BCUT2D eigenvalue weighted by Gasteiger charge is -2.30. The predicted octanol–water partition coefficient (Wildman–Crippen LogP) is 2.62. The van der Waals surface area contributed by atoms with E-state index in [1.807, 2.05) is 24.3 Å².